The molecule has 1 aromatic rings. The van der Waals surface area contributed by atoms with Crippen LogP contribution in [0.4, 0.5) is 0 Å². The zero-order valence-corrected chi connectivity index (χ0v) is 11.8. The number of hydrogen-bond donors (Lipinski definition) is 0. The van der Waals surface area contributed by atoms with E-state index in [-0.39, 0.29) is 13.4 Å². The minimum atomic E-state index is -0.735. The van der Waals surface area contributed by atoms with E-state index in [4.69, 9.17) is 14.2 Å². The number of ether oxygens (including phenoxy) is 3. The van der Waals surface area contributed by atoms with Crippen molar-refractivity contribution in [2.24, 2.45) is 0 Å². The van der Waals surface area contributed by atoms with Gasteiger partial charge in [0, 0.05) is 11.5 Å². The van der Waals surface area contributed by atoms with Crippen LogP contribution in [0.1, 0.15) is 24.2 Å². The molecule has 0 unspecified atom stereocenters. The number of fused-ring (bicyclic) bond motifs is 1. The van der Waals surface area contributed by atoms with Gasteiger partial charge in [-0.05, 0) is 44.0 Å². The summed E-state index contributed by atoms with van der Waals surface area (Å²) >= 11 is 0. The lowest BCUT2D eigenvalue weighted by molar-refractivity contribution is -0.135. The molecule has 21 heavy (non-hydrogen) atoms. The van der Waals surface area contributed by atoms with E-state index in [0.717, 1.165) is 5.57 Å². The van der Waals surface area contributed by atoms with Gasteiger partial charge in [0.25, 0.3) is 0 Å². The Bertz CT molecular complexity index is 657. The minimum absolute atomic E-state index is 0.134. The third-order valence-electron chi connectivity index (χ3n) is 2.62. The number of hydrogen-bond acceptors (Lipinski definition) is 5. The van der Waals surface area contributed by atoms with Crippen LogP contribution in [0, 0.1) is 11.8 Å². The van der Waals surface area contributed by atoms with Crippen LogP contribution in [-0.2, 0) is 9.53 Å². The molecule has 0 atom stereocenters. The van der Waals surface area contributed by atoms with Crippen molar-refractivity contribution >= 4 is 11.8 Å². The third kappa shape index (κ3) is 4.11. The predicted octanol–water partition coefficient (Wildman–Crippen LogP) is 2.11. The summed E-state index contributed by atoms with van der Waals surface area (Å²) in [7, 11) is 0. The molecule has 0 aromatic heterocycles. The molecule has 5 heteroatoms. The Labute approximate surface area is 122 Å². The van der Waals surface area contributed by atoms with Crippen LogP contribution >= 0.6 is 0 Å². The molecule has 0 radical (unpaired) electrons. The Balaban J connectivity index is 1.97. The lowest BCUT2D eigenvalue weighted by Crippen LogP contribution is -2.03. The van der Waals surface area contributed by atoms with Crippen LogP contribution in [0.3, 0.4) is 0 Å². The van der Waals surface area contributed by atoms with E-state index in [1.807, 2.05) is 13.8 Å². The molecule has 1 heterocycles. The van der Waals surface area contributed by atoms with Gasteiger partial charge in [-0.15, -0.1) is 0 Å². The van der Waals surface area contributed by atoms with Crippen LogP contribution in [0.2, 0.25) is 0 Å². The molecule has 1 aromatic carbocycles. The second kappa shape index (κ2) is 6.62. The summed E-state index contributed by atoms with van der Waals surface area (Å²) in [5.74, 6) is 4.27. The molecule has 0 saturated heterocycles. The number of benzene rings is 1. The molecule has 0 saturated carbocycles. The molecule has 0 amide bonds. The van der Waals surface area contributed by atoms with Gasteiger partial charge in [0.15, 0.2) is 11.5 Å². The number of ketones is 1. The average molecular weight is 286 g/mol. The summed E-state index contributed by atoms with van der Waals surface area (Å²) in [6.07, 6.45) is 1.75. The predicted molar refractivity (Wildman–Crippen MR) is 75.1 cm³/mol. The number of carbonyl (C=O) groups is 2. The lowest BCUT2D eigenvalue weighted by atomic mass is 10.1. The van der Waals surface area contributed by atoms with Gasteiger partial charge in [0.2, 0.25) is 12.6 Å². The van der Waals surface area contributed by atoms with Crippen molar-refractivity contribution < 1.29 is 23.8 Å². The first-order valence-corrected chi connectivity index (χ1v) is 6.32. The average Bonchev–Trinajstić information content (AvgIpc) is 2.91. The standard InChI is InChI=1S/C16H14O5/c1-11(2)7-8-19-16(18)6-4-13(17)12-3-5-14-15(9-12)21-10-20-14/h3,5,7,9H,8,10H2,1-2H3. The molecule has 5 nitrogen and oxygen atoms in total. The normalized spacial score (nSPS) is 11.1. The molecule has 108 valence electrons. The fourth-order valence-corrected chi connectivity index (χ4v) is 1.54. The van der Waals surface area contributed by atoms with Gasteiger partial charge < -0.3 is 14.2 Å². The maximum Gasteiger partial charge on any atom is 0.385 e. The molecule has 0 fully saturated rings. The highest BCUT2D eigenvalue weighted by molar-refractivity contribution is 6.12. The first-order chi connectivity index (χ1) is 10.1. The maximum absolute atomic E-state index is 11.8. The zero-order chi connectivity index (χ0) is 15.2. The Morgan fingerprint density at radius 1 is 1.24 bits per heavy atom. The molecule has 0 N–H and O–H groups in total. The van der Waals surface area contributed by atoms with Crippen molar-refractivity contribution in [2.75, 3.05) is 13.4 Å². The van der Waals surface area contributed by atoms with Crippen molar-refractivity contribution in [1.29, 1.82) is 0 Å². The molecule has 2 rings (SSSR count). The van der Waals surface area contributed by atoms with Crippen LogP contribution in [-0.4, -0.2) is 25.2 Å². The smallest absolute Gasteiger partial charge is 0.385 e. The summed E-state index contributed by atoms with van der Waals surface area (Å²) in [5, 5.41) is 0. The first kappa shape index (κ1) is 14.7. The van der Waals surface area contributed by atoms with Gasteiger partial charge in [0.05, 0.1) is 0 Å². The van der Waals surface area contributed by atoms with Crippen molar-refractivity contribution in [3.8, 4) is 23.3 Å². The minimum Gasteiger partial charge on any atom is -0.454 e. The summed E-state index contributed by atoms with van der Waals surface area (Å²) < 4.78 is 15.1. The molecule has 0 spiro atoms. The molecular formula is C16H14O5. The molecule has 1 aliphatic heterocycles. The van der Waals surface area contributed by atoms with Crippen molar-refractivity contribution in [3.63, 3.8) is 0 Å². The van der Waals surface area contributed by atoms with Gasteiger partial charge in [-0.1, -0.05) is 5.57 Å². The monoisotopic (exact) mass is 286 g/mol. The highest BCUT2D eigenvalue weighted by Gasteiger charge is 2.15. The van der Waals surface area contributed by atoms with Crippen LogP contribution < -0.4 is 9.47 Å². The molecule has 0 bridgehead atoms. The summed E-state index contributed by atoms with van der Waals surface area (Å²) in [4.78, 5) is 23.2. The molecule has 0 aliphatic carbocycles. The molecular weight excluding hydrogens is 272 g/mol. The number of rotatable bonds is 3. The van der Waals surface area contributed by atoms with E-state index >= 15 is 0 Å². The second-order valence-electron chi connectivity index (χ2n) is 4.53. The fourth-order valence-electron chi connectivity index (χ4n) is 1.54. The number of Topliss-reactive ketones (excluding diaryl/α,β-unsaturated/α-hetero) is 1. The van der Waals surface area contributed by atoms with Gasteiger partial charge >= 0.3 is 5.97 Å². The van der Waals surface area contributed by atoms with E-state index in [9.17, 15) is 9.59 Å². The highest BCUT2D eigenvalue weighted by Crippen LogP contribution is 2.32. The van der Waals surface area contributed by atoms with Gasteiger partial charge in [-0.3, -0.25) is 4.79 Å². The van der Waals surface area contributed by atoms with Crippen molar-refractivity contribution in [2.45, 2.75) is 13.8 Å². The Hall–Kier alpha value is -2.74. The number of esters is 1. The van der Waals surface area contributed by atoms with E-state index in [2.05, 4.69) is 11.8 Å². The first-order valence-electron chi connectivity index (χ1n) is 6.32. The summed E-state index contributed by atoms with van der Waals surface area (Å²) in [5.41, 5.74) is 1.37. The van der Waals surface area contributed by atoms with Gasteiger partial charge in [-0.2, -0.15) is 0 Å². The summed E-state index contributed by atoms with van der Waals surface area (Å²) in [6, 6.07) is 4.73. The maximum atomic E-state index is 11.8. The Morgan fingerprint density at radius 3 is 2.76 bits per heavy atom. The fraction of sp³-hybridized carbons (Fsp3) is 0.250. The number of carbonyl (C=O) groups excluding carboxylic acids is 2. The van der Waals surface area contributed by atoms with Crippen LogP contribution in [0.5, 0.6) is 11.5 Å². The quantitative estimate of drug-likeness (QED) is 0.213. The van der Waals surface area contributed by atoms with E-state index in [1.54, 1.807) is 18.2 Å². The topological polar surface area (TPSA) is 61.8 Å². The van der Waals surface area contributed by atoms with Crippen LogP contribution in [0.25, 0.3) is 0 Å². The molecule has 1 aliphatic rings. The largest absolute Gasteiger partial charge is 0.454 e. The van der Waals surface area contributed by atoms with Crippen molar-refractivity contribution in [3.05, 3.63) is 35.4 Å². The zero-order valence-electron chi connectivity index (χ0n) is 11.8. The van der Waals surface area contributed by atoms with E-state index in [0.29, 0.717) is 17.1 Å². The third-order valence-corrected chi connectivity index (χ3v) is 2.62. The Kier molecular flexibility index (Phi) is 4.62. The lowest BCUT2D eigenvalue weighted by Gasteiger charge is -1.97. The van der Waals surface area contributed by atoms with E-state index < -0.39 is 11.8 Å². The van der Waals surface area contributed by atoms with Gasteiger partial charge in [-0.25, -0.2) is 4.79 Å². The van der Waals surface area contributed by atoms with E-state index in [1.165, 1.54) is 6.07 Å². The number of allylic oxidation sites excluding steroid dienone is 1. The Morgan fingerprint density at radius 2 is 2.00 bits per heavy atom. The highest BCUT2D eigenvalue weighted by atomic mass is 16.7. The van der Waals surface area contributed by atoms with Crippen LogP contribution in [0.15, 0.2) is 29.8 Å². The SMILES string of the molecule is CC(C)=CCOC(=O)C#CC(=O)c1ccc2c(c1)OCO2. The summed E-state index contributed by atoms with van der Waals surface area (Å²) in [6.45, 7) is 4.06. The van der Waals surface area contributed by atoms with Gasteiger partial charge in [0.1, 0.15) is 6.61 Å². The second-order valence-corrected chi connectivity index (χ2v) is 4.53. The van der Waals surface area contributed by atoms with Crippen molar-refractivity contribution in [1.82, 2.24) is 0 Å².